The van der Waals surface area contributed by atoms with E-state index in [1.54, 1.807) is 0 Å². The van der Waals surface area contributed by atoms with Gasteiger partial charge in [-0.25, -0.2) is 8.42 Å². The summed E-state index contributed by atoms with van der Waals surface area (Å²) in [4.78, 5) is 17.1. The average Bonchev–Trinajstić information content (AvgIpc) is 3.28. The molecule has 25 heavy (non-hydrogen) atoms. The van der Waals surface area contributed by atoms with Gasteiger partial charge in [0, 0.05) is 31.6 Å². The largest absolute Gasteiger partial charge is 0.342 e. The van der Waals surface area contributed by atoms with E-state index in [2.05, 4.69) is 29.2 Å². The van der Waals surface area contributed by atoms with Crippen molar-refractivity contribution >= 4 is 15.7 Å². The highest BCUT2D eigenvalue weighted by atomic mass is 32.2. The van der Waals surface area contributed by atoms with Crippen molar-refractivity contribution in [1.82, 2.24) is 9.80 Å². The molecule has 0 radical (unpaired) electrons. The fourth-order valence-electron chi connectivity index (χ4n) is 4.71. The monoisotopic (exact) mass is 362 g/mol. The van der Waals surface area contributed by atoms with Crippen LogP contribution in [-0.2, 0) is 21.2 Å². The molecule has 4 rings (SSSR count). The zero-order valence-electron chi connectivity index (χ0n) is 14.6. The summed E-state index contributed by atoms with van der Waals surface area (Å²) < 4.78 is 23.3. The van der Waals surface area contributed by atoms with Crippen LogP contribution in [0.15, 0.2) is 30.3 Å². The van der Waals surface area contributed by atoms with Crippen molar-refractivity contribution in [2.45, 2.75) is 25.8 Å². The quantitative estimate of drug-likeness (QED) is 0.819. The molecule has 3 saturated heterocycles. The second-order valence-corrected chi connectivity index (χ2v) is 10.3. The van der Waals surface area contributed by atoms with Gasteiger partial charge in [-0.2, -0.15) is 0 Å². The minimum atomic E-state index is -3.00. The van der Waals surface area contributed by atoms with Crippen LogP contribution in [0.2, 0.25) is 0 Å². The number of carbonyl (C=O) groups excluding carboxylic acids is 1. The van der Waals surface area contributed by atoms with Crippen molar-refractivity contribution in [3.63, 3.8) is 0 Å². The van der Waals surface area contributed by atoms with E-state index < -0.39 is 9.84 Å². The van der Waals surface area contributed by atoms with Gasteiger partial charge >= 0.3 is 0 Å². The maximum absolute atomic E-state index is 12.7. The number of benzene rings is 1. The van der Waals surface area contributed by atoms with E-state index in [4.69, 9.17) is 0 Å². The van der Waals surface area contributed by atoms with Crippen LogP contribution < -0.4 is 0 Å². The van der Waals surface area contributed by atoms with Crippen molar-refractivity contribution < 1.29 is 13.2 Å². The van der Waals surface area contributed by atoms with Crippen LogP contribution in [0.3, 0.4) is 0 Å². The highest BCUT2D eigenvalue weighted by Gasteiger charge is 2.46. The molecular weight excluding hydrogens is 336 g/mol. The first-order chi connectivity index (χ1) is 11.9. The van der Waals surface area contributed by atoms with E-state index in [0.717, 1.165) is 45.6 Å². The zero-order chi connectivity index (χ0) is 17.5. The summed E-state index contributed by atoms with van der Waals surface area (Å²) in [6, 6.07) is 10.5. The topological polar surface area (TPSA) is 57.7 Å². The lowest BCUT2D eigenvalue weighted by Gasteiger charge is -2.26. The Balaban J connectivity index is 1.35. The molecule has 3 fully saturated rings. The van der Waals surface area contributed by atoms with Crippen molar-refractivity contribution in [3.8, 4) is 0 Å². The summed E-state index contributed by atoms with van der Waals surface area (Å²) in [6.07, 6.45) is 2.68. The van der Waals surface area contributed by atoms with Crippen molar-refractivity contribution in [3.05, 3.63) is 35.9 Å². The molecule has 1 aromatic rings. The molecule has 5 nitrogen and oxygen atoms in total. The molecule has 1 amide bonds. The van der Waals surface area contributed by atoms with E-state index >= 15 is 0 Å². The number of sulfone groups is 1. The Morgan fingerprint density at radius 2 is 1.88 bits per heavy atom. The summed E-state index contributed by atoms with van der Waals surface area (Å²) >= 11 is 0. The molecule has 3 heterocycles. The van der Waals surface area contributed by atoms with E-state index in [-0.39, 0.29) is 28.7 Å². The fraction of sp³-hybridized carbons (Fsp3) is 0.632. The predicted molar refractivity (Wildman–Crippen MR) is 96.7 cm³/mol. The van der Waals surface area contributed by atoms with Gasteiger partial charge < -0.3 is 4.90 Å². The Hall–Kier alpha value is -1.40. The van der Waals surface area contributed by atoms with Gasteiger partial charge in [-0.3, -0.25) is 9.69 Å². The Morgan fingerprint density at radius 3 is 2.60 bits per heavy atom. The number of rotatable bonds is 3. The normalized spacial score (nSPS) is 31.8. The highest BCUT2D eigenvalue weighted by molar-refractivity contribution is 7.91. The fourth-order valence-corrected chi connectivity index (χ4v) is 6.44. The molecular formula is C19H26N2O3S. The first kappa shape index (κ1) is 17.0. The van der Waals surface area contributed by atoms with E-state index in [9.17, 15) is 13.2 Å². The van der Waals surface area contributed by atoms with Crippen LogP contribution in [0.5, 0.6) is 0 Å². The SMILES string of the molecule is O=C(C1CCS(=O)(=O)C1)N1CCC2(CCN(Cc3ccccc3)C2)C1. The lowest BCUT2D eigenvalue weighted by Crippen LogP contribution is -2.37. The first-order valence-corrected chi connectivity index (χ1v) is 11.0. The zero-order valence-corrected chi connectivity index (χ0v) is 15.4. The summed E-state index contributed by atoms with van der Waals surface area (Å²) in [5.41, 5.74) is 1.55. The van der Waals surface area contributed by atoms with E-state index in [1.807, 2.05) is 11.0 Å². The molecule has 0 N–H and O–H groups in total. The summed E-state index contributed by atoms with van der Waals surface area (Å²) in [6.45, 7) is 4.67. The smallest absolute Gasteiger partial charge is 0.226 e. The first-order valence-electron chi connectivity index (χ1n) is 9.20. The standard InChI is InChI=1S/C19H26N2O3S/c22-18(17-6-11-25(23,24)13-17)21-10-8-19(15-21)7-9-20(14-19)12-16-4-2-1-3-5-16/h1-5,17H,6-15H2. The summed E-state index contributed by atoms with van der Waals surface area (Å²) in [5.74, 6) is -0.00987. The highest BCUT2D eigenvalue weighted by Crippen LogP contribution is 2.40. The second-order valence-electron chi connectivity index (χ2n) is 8.06. The van der Waals surface area contributed by atoms with Crippen LogP contribution in [0.4, 0.5) is 0 Å². The third-order valence-corrected chi connectivity index (χ3v) is 7.87. The van der Waals surface area contributed by atoms with Gasteiger partial charge in [0.05, 0.1) is 17.4 Å². The van der Waals surface area contributed by atoms with Gasteiger partial charge in [-0.15, -0.1) is 0 Å². The summed E-state index contributed by atoms with van der Waals surface area (Å²) in [5, 5.41) is 0. The van der Waals surface area contributed by atoms with Gasteiger partial charge in [0.15, 0.2) is 9.84 Å². The molecule has 2 unspecified atom stereocenters. The Kier molecular flexibility index (Phi) is 4.36. The Morgan fingerprint density at radius 1 is 1.12 bits per heavy atom. The van der Waals surface area contributed by atoms with Crippen LogP contribution in [-0.4, -0.2) is 61.8 Å². The number of hydrogen-bond acceptors (Lipinski definition) is 4. The van der Waals surface area contributed by atoms with Crippen LogP contribution in [0.25, 0.3) is 0 Å². The molecule has 136 valence electrons. The molecule has 3 aliphatic rings. The Bertz CT molecular complexity index is 749. The van der Waals surface area contributed by atoms with E-state index in [0.29, 0.717) is 6.42 Å². The molecule has 0 bridgehead atoms. The number of amides is 1. The molecule has 2 atom stereocenters. The lowest BCUT2D eigenvalue weighted by molar-refractivity contribution is -0.134. The molecule has 1 aromatic carbocycles. The van der Waals surface area contributed by atoms with Gasteiger partial charge in [-0.1, -0.05) is 30.3 Å². The third kappa shape index (κ3) is 3.60. The third-order valence-electron chi connectivity index (χ3n) is 6.10. The predicted octanol–water partition coefficient (Wildman–Crippen LogP) is 1.55. The maximum atomic E-state index is 12.7. The minimum absolute atomic E-state index is 0.0511. The molecule has 6 heteroatoms. The molecule has 0 aliphatic carbocycles. The van der Waals surface area contributed by atoms with Gasteiger partial charge in [0.25, 0.3) is 0 Å². The van der Waals surface area contributed by atoms with E-state index in [1.165, 1.54) is 5.56 Å². The molecule has 3 aliphatic heterocycles. The number of carbonyl (C=O) groups is 1. The van der Waals surface area contributed by atoms with Crippen LogP contribution in [0.1, 0.15) is 24.8 Å². The van der Waals surface area contributed by atoms with Gasteiger partial charge in [-0.05, 0) is 31.4 Å². The van der Waals surface area contributed by atoms with Crippen molar-refractivity contribution in [2.75, 3.05) is 37.7 Å². The molecule has 0 saturated carbocycles. The van der Waals surface area contributed by atoms with Crippen LogP contribution in [0, 0.1) is 11.3 Å². The summed E-state index contributed by atoms with van der Waals surface area (Å²) in [7, 11) is -3.00. The maximum Gasteiger partial charge on any atom is 0.226 e. The molecule has 1 spiro atoms. The van der Waals surface area contributed by atoms with Gasteiger partial charge in [0.1, 0.15) is 0 Å². The average molecular weight is 362 g/mol. The van der Waals surface area contributed by atoms with Gasteiger partial charge in [0.2, 0.25) is 5.91 Å². The molecule has 0 aromatic heterocycles. The van der Waals surface area contributed by atoms with Crippen LogP contribution >= 0.6 is 0 Å². The van der Waals surface area contributed by atoms with Crippen molar-refractivity contribution in [1.29, 1.82) is 0 Å². The number of nitrogens with zero attached hydrogens (tertiary/aromatic N) is 2. The minimum Gasteiger partial charge on any atom is -0.342 e. The Labute approximate surface area is 149 Å². The lowest BCUT2D eigenvalue weighted by atomic mass is 9.86. The number of likely N-dealkylation sites (tertiary alicyclic amines) is 2. The number of hydrogen-bond donors (Lipinski definition) is 0. The second kappa shape index (κ2) is 6.40. The van der Waals surface area contributed by atoms with Crippen molar-refractivity contribution in [2.24, 2.45) is 11.3 Å².